The minimum atomic E-state index is -0.210. The summed E-state index contributed by atoms with van der Waals surface area (Å²) in [6.07, 6.45) is 0.167. The number of rotatable bonds is 1. The summed E-state index contributed by atoms with van der Waals surface area (Å²) in [5.41, 5.74) is 1.11. The van der Waals surface area contributed by atoms with Crippen LogP contribution >= 0.6 is 11.6 Å². The number of hydrogen-bond donors (Lipinski definition) is 0. The van der Waals surface area contributed by atoms with Crippen molar-refractivity contribution in [2.45, 2.75) is 30.7 Å². The molecule has 1 fully saturated rings. The molecule has 1 aromatic rings. The minimum absolute atomic E-state index is 0.0733. The maximum Gasteiger partial charge on any atom is 0.306 e. The maximum atomic E-state index is 11.3. The average Bonchev–Trinajstić information content (AvgIpc) is 2.24. The lowest BCUT2D eigenvalue weighted by molar-refractivity contribution is -0.153. The number of alkyl halides is 1. The van der Waals surface area contributed by atoms with Gasteiger partial charge in [-0.1, -0.05) is 30.3 Å². The lowest BCUT2D eigenvalue weighted by atomic mass is 9.88. The quantitative estimate of drug-likeness (QED) is 0.542. The van der Waals surface area contributed by atoms with Crippen molar-refractivity contribution in [2.24, 2.45) is 0 Å². The van der Waals surface area contributed by atoms with E-state index in [1.54, 1.807) is 0 Å². The van der Waals surface area contributed by atoms with Crippen LogP contribution in [0, 0.1) is 0 Å². The van der Waals surface area contributed by atoms with Gasteiger partial charge in [0.25, 0.3) is 0 Å². The van der Waals surface area contributed by atoms with E-state index in [9.17, 15) is 4.79 Å². The van der Waals surface area contributed by atoms with Gasteiger partial charge in [0.1, 0.15) is 6.10 Å². The summed E-state index contributed by atoms with van der Waals surface area (Å²) in [4.78, 5) is 11.3. The lowest BCUT2D eigenvalue weighted by Gasteiger charge is -2.31. The Hall–Kier alpha value is -1.02. The number of ether oxygens (including phenoxy) is 1. The maximum absolute atomic E-state index is 11.3. The normalized spacial score (nSPS) is 31.1. The highest BCUT2D eigenvalue weighted by atomic mass is 35.5. The molecule has 0 spiro atoms. The number of cyclic esters (lactones) is 1. The van der Waals surface area contributed by atoms with E-state index in [1.807, 2.05) is 37.3 Å². The smallest absolute Gasteiger partial charge is 0.306 e. The summed E-state index contributed by atoms with van der Waals surface area (Å²) in [6, 6.07) is 9.89. The zero-order chi connectivity index (χ0) is 10.8. The topological polar surface area (TPSA) is 26.3 Å². The molecule has 1 aliphatic rings. The highest BCUT2D eigenvalue weighted by molar-refractivity contribution is 6.22. The van der Waals surface area contributed by atoms with Gasteiger partial charge in [-0.3, -0.25) is 4.79 Å². The fourth-order valence-corrected chi connectivity index (χ4v) is 2.23. The van der Waals surface area contributed by atoms with Crippen LogP contribution in [-0.4, -0.2) is 17.5 Å². The fraction of sp³-hybridized carbons (Fsp3) is 0.417. The molecule has 0 aliphatic carbocycles. The van der Waals surface area contributed by atoms with Crippen molar-refractivity contribution in [1.82, 2.24) is 0 Å². The second-order valence-electron chi connectivity index (χ2n) is 3.86. The van der Waals surface area contributed by atoms with Crippen LogP contribution in [0.2, 0.25) is 0 Å². The molecular formula is C12H13ClO2. The average molecular weight is 225 g/mol. The van der Waals surface area contributed by atoms with Crippen molar-refractivity contribution in [1.29, 1.82) is 0 Å². The van der Waals surface area contributed by atoms with E-state index in [4.69, 9.17) is 16.3 Å². The van der Waals surface area contributed by atoms with Crippen molar-refractivity contribution in [2.75, 3.05) is 0 Å². The van der Waals surface area contributed by atoms with Gasteiger partial charge in [-0.15, -0.1) is 11.6 Å². The lowest BCUT2D eigenvalue weighted by Crippen LogP contribution is -2.36. The molecular weight excluding hydrogens is 212 g/mol. The van der Waals surface area contributed by atoms with Crippen molar-refractivity contribution < 1.29 is 9.53 Å². The first-order valence-corrected chi connectivity index (χ1v) is 5.50. The van der Waals surface area contributed by atoms with Gasteiger partial charge in [-0.2, -0.15) is 0 Å². The molecule has 0 saturated carbocycles. The van der Waals surface area contributed by atoms with Gasteiger partial charge in [0.05, 0.1) is 11.8 Å². The van der Waals surface area contributed by atoms with Gasteiger partial charge in [-0.25, -0.2) is 0 Å². The Bertz CT molecular complexity index is 350. The van der Waals surface area contributed by atoms with E-state index < -0.39 is 0 Å². The molecule has 0 amide bonds. The van der Waals surface area contributed by atoms with E-state index in [1.165, 1.54) is 0 Å². The number of halogens is 1. The van der Waals surface area contributed by atoms with Crippen LogP contribution in [-0.2, 0) is 9.53 Å². The number of hydrogen-bond acceptors (Lipinski definition) is 2. The summed E-state index contributed by atoms with van der Waals surface area (Å²) in [6.45, 7) is 1.84. The van der Waals surface area contributed by atoms with E-state index >= 15 is 0 Å². The van der Waals surface area contributed by atoms with Gasteiger partial charge in [0.15, 0.2) is 0 Å². The van der Waals surface area contributed by atoms with Gasteiger partial charge < -0.3 is 4.74 Å². The molecule has 80 valence electrons. The third kappa shape index (κ3) is 2.15. The number of benzene rings is 1. The molecule has 1 saturated heterocycles. The summed E-state index contributed by atoms with van der Waals surface area (Å²) < 4.78 is 5.08. The molecule has 2 rings (SSSR count). The number of carbonyl (C=O) groups excluding carboxylic acids is 1. The summed E-state index contributed by atoms with van der Waals surface area (Å²) in [5, 5.41) is -0.134. The third-order valence-corrected chi connectivity index (χ3v) is 3.42. The molecule has 1 heterocycles. The van der Waals surface area contributed by atoms with E-state index in [2.05, 4.69) is 0 Å². The molecule has 0 N–H and O–H groups in total. The first kappa shape index (κ1) is 10.5. The van der Waals surface area contributed by atoms with Crippen molar-refractivity contribution >= 4 is 17.6 Å². The first-order chi connectivity index (χ1) is 7.18. The summed E-state index contributed by atoms with van der Waals surface area (Å²) >= 11 is 6.26. The molecule has 0 bridgehead atoms. The second kappa shape index (κ2) is 4.23. The van der Waals surface area contributed by atoms with Crippen molar-refractivity contribution in [3.8, 4) is 0 Å². The molecule has 15 heavy (non-hydrogen) atoms. The fourth-order valence-electron chi connectivity index (χ4n) is 1.94. The van der Waals surface area contributed by atoms with E-state index in [0.29, 0.717) is 6.42 Å². The predicted octanol–water partition coefficient (Wildman–Crippen LogP) is 2.71. The van der Waals surface area contributed by atoms with Crippen molar-refractivity contribution in [3.05, 3.63) is 35.9 Å². The standard InChI is InChI=1S/C12H13ClO2/c1-8-12(13)10(7-11(14)15-8)9-5-3-2-4-6-9/h2-6,8,10,12H,7H2,1H3/t8-,10+,12?/m1/s1. The summed E-state index contributed by atoms with van der Waals surface area (Å²) in [5.74, 6) is -0.0858. The molecule has 0 aromatic heterocycles. The number of carbonyl (C=O) groups is 1. The summed E-state index contributed by atoms with van der Waals surface area (Å²) in [7, 11) is 0. The monoisotopic (exact) mass is 224 g/mol. The minimum Gasteiger partial charge on any atom is -0.461 e. The number of esters is 1. The van der Waals surface area contributed by atoms with Crippen LogP contribution in [0.15, 0.2) is 30.3 Å². The van der Waals surface area contributed by atoms with Gasteiger partial charge in [0, 0.05) is 5.92 Å². The molecule has 2 nitrogen and oxygen atoms in total. The zero-order valence-electron chi connectivity index (χ0n) is 8.52. The van der Waals surface area contributed by atoms with E-state index in [0.717, 1.165) is 5.56 Å². The molecule has 1 aliphatic heterocycles. The Morgan fingerprint density at radius 1 is 1.33 bits per heavy atom. The SMILES string of the molecule is C[C@H]1OC(=O)C[C@@H](c2ccccc2)C1Cl. The Balaban J connectivity index is 2.24. The molecule has 3 atom stereocenters. The van der Waals surface area contributed by atoms with Crippen LogP contribution in [0.1, 0.15) is 24.8 Å². The van der Waals surface area contributed by atoms with Gasteiger partial charge >= 0.3 is 5.97 Å². The van der Waals surface area contributed by atoms with Crippen LogP contribution in [0.4, 0.5) is 0 Å². The van der Waals surface area contributed by atoms with Gasteiger partial charge in [0.2, 0.25) is 0 Å². The highest BCUT2D eigenvalue weighted by Gasteiger charge is 2.35. The van der Waals surface area contributed by atoms with Crippen molar-refractivity contribution in [3.63, 3.8) is 0 Å². The van der Waals surface area contributed by atoms with Gasteiger partial charge in [-0.05, 0) is 12.5 Å². The Morgan fingerprint density at radius 3 is 2.67 bits per heavy atom. The Kier molecular flexibility index (Phi) is 2.96. The third-order valence-electron chi connectivity index (χ3n) is 2.76. The first-order valence-electron chi connectivity index (χ1n) is 5.07. The van der Waals surface area contributed by atoms with Crippen LogP contribution in [0.5, 0.6) is 0 Å². The van der Waals surface area contributed by atoms with Crippen LogP contribution in [0.25, 0.3) is 0 Å². The molecule has 1 aromatic carbocycles. The largest absolute Gasteiger partial charge is 0.461 e. The highest BCUT2D eigenvalue weighted by Crippen LogP contribution is 2.34. The predicted molar refractivity (Wildman–Crippen MR) is 59.0 cm³/mol. The molecule has 1 unspecified atom stereocenters. The Morgan fingerprint density at radius 2 is 2.00 bits per heavy atom. The van der Waals surface area contributed by atoms with E-state index in [-0.39, 0.29) is 23.4 Å². The molecule has 0 radical (unpaired) electrons. The molecule has 3 heteroatoms. The zero-order valence-corrected chi connectivity index (χ0v) is 9.28. The van der Waals surface area contributed by atoms with Crippen LogP contribution in [0.3, 0.4) is 0 Å². The van der Waals surface area contributed by atoms with Crippen LogP contribution < -0.4 is 0 Å². The Labute approximate surface area is 94.2 Å². The second-order valence-corrected chi connectivity index (χ2v) is 4.36.